The Labute approximate surface area is 423 Å². The maximum Gasteiger partial charge on any atom is 0.273 e. The van der Waals surface area contributed by atoms with Crippen LogP contribution in [-0.2, 0) is 52.8 Å². The number of anilines is 2. The van der Waals surface area contributed by atoms with Crippen LogP contribution in [0, 0.1) is 18.3 Å². The molecule has 5 aromatic rings. The summed E-state index contributed by atoms with van der Waals surface area (Å²) in [6.45, 7) is 10.2. The van der Waals surface area contributed by atoms with Crippen molar-refractivity contribution in [1.29, 1.82) is 0 Å². The number of hydrogen-bond acceptors (Lipinski definition) is 16. The van der Waals surface area contributed by atoms with E-state index in [1.54, 1.807) is 11.3 Å². The highest BCUT2D eigenvalue weighted by Crippen LogP contribution is 2.31. The number of aromatic nitrogens is 5. The number of β-amino-alcohol motifs (C(OH)–C–C–N with tert-alkyl or cyclic N) is 1. The van der Waals surface area contributed by atoms with Crippen LogP contribution in [0.1, 0.15) is 80.4 Å². The highest BCUT2D eigenvalue weighted by atomic mass is 32.1. The SMILES string of the molecule is Cc1ncsc1-c1ccc(CNC(=O)[C@@H]2C[C@@H](O)CN2C(=O)[C@@H](NC(=O)COCCOCCOCCOCCn2ccc3c(Nc4nc(C[C@@H]5CCCC[C@@H]5N)nnc4C(N)=O)cccc32)C(C)(C)C)cc1. The normalized spacial score (nSPS) is 18.6. The molecule has 0 bridgehead atoms. The lowest BCUT2D eigenvalue weighted by Gasteiger charge is -2.35. The van der Waals surface area contributed by atoms with E-state index in [0.717, 1.165) is 64.0 Å². The zero-order chi connectivity index (χ0) is 51.2. The summed E-state index contributed by atoms with van der Waals surface area (Å²) < 4.78 is 24.7. The number of ether oxygens (including phenoxy) is 4. The molecule has 0 unspecified atom stereocenters. The van der Waals surface area contributed by atoms with Crippen molar-refractivity contribution in [2.45, 2.75) is 104 Å². The van der Waals surface area contributed by atoms with E-state index >= 15 is 0 Å². The predicted molar refractivity (Wildman–Crippen MR) is 272 cm³/mol. The molecular formula is C51H69N11O9S. The number of carbonyl (C=O) groups excluding carboxylic acids is 4. The van der Waals surface area contributed by atoms with E-state index in [-0.39, 0.29) is 68.7 Å². The first kappa shape index (κ1) is 53.8. The zero-order valence-corrected chi connectivity index (χ0v) is 42.5. The second-order valence-corrected chi connectivity index (χ2v) is 20.3. The van der Waals surface area contributed by atoms with Gasteiger partial charge in [-0.1, -0.05) is 63.9 Å². The number of aliphatic hydroxyl groups excluding tert-OH is 1. The molecule has 2 aromatic carbocycles. The number of benzene rings is 2. The molecule has 4 amide bonds. The van der Waals surface area contributed by atoms with E-state index in [0.29, 0.717) is 51.8 Å². The molecule has 2 aliphatic rings. The molecule has 1 saturated heterocycles. The molecule has 0 radical (unpaired) electrons. The molecule has 8 N–H and O–H groups in total. The number of nitrogens with zero attached hydrogens (tertiary/aromatic N) is 6. The fourth-order valence-corrected chi connectivity index (χ4v) is 9.86. The number of carbonyl (C=O) groups is 4. The lowest BCUT2D eigenvalue weighted by molar-refractivity contribution is -0.144. The number of aliphatic hydroxyl groups is 1. The number of rotatable bonds is 25. The van der Waals surface area contributed by atoms with E-state index in [1.807, 2.05) is 87.9 Å². The standard InChI is InChI=1S/C51H69N11O9S/c1-32-45(72-31-55-32)34-14-12-33(13-15-34)28-54-49(66)41-27-36(63)29-62(41)50(67)46(51(2,3)4)58-43(64)30-71-25-24-70-23-22-69-21-20-68-19-18-61-17-16-37-39(10-7-11-40(37)61)56-48-44(47(53)65)60-59-42(57-48)26-35-8-5-6-9-38(35)52/h7,10-17,31,35-36,38,41,46,63H,5-6,8-9,18-30,52H2,1-4H3,(H2,53,65)(H,54,66)(H,58,64)(H,56,57,59)/t35-,36+,38-,41-,46+/m0/s1. The molecule has 7 rings (SSSR count). The Balaban J connectivity index is 0.758. The third kappa shape index (κ3) is 14.6. The quantitative estimate of drug-likeness (QED) is 0.0451. The Morgan fingerprint density at radius 2 is 1.62 bits per heavy atom. The van der Waals surface area contributed by atoms with Crippen LogP contribution in [-0.4, -0.2) is 142 Å². The fraction of sp³-hybridized carbons (Fsp3) is 0.529. The molecule has 21 heteroatoms. The van der Waals surface area contributed by atoms with Gasteiger partial charge >= 0.3 is 0 Å². The van der Waals surface area contributed by atoms with Gasteiger partial charge in [0.05, 0.1) is 74.0 Å². The zero-order valence-electron chi connectivity index (χ0n) is 41.6. The Kier molecular flexibility index (Phi) is 19.2. The first-order valence-electron chi connectivity index (χ1n) is 24.7. The summed E-state index contributed by atoms with van der Waals surface area (Å²) in [6, 6.07) is 13.9. The molecule has 2 fully saturated rings. The molecule has 1 aliphatic heterocycles. The molecule has 1 aliphatic carbocycles. The number of likely N-dealkylation sites (tertiary alicyclic amines) is 1. The molecule has 0 spiro atoms. The number of primary amides is 1. The van der Waals surface area contributed by atoms with Crippen LogP contribution in [0.25, 0.3) is 21.3 Å². The largest absolute Gasteiger partial charge is 0.391 e. The second-order valence-electron chi connectivity index (χ2n) is 19.4. The number of aryl methyl sites for hydroxylation is 1. The highest BCUT2D eigenvalue weighted by Gasteiger charge is 2.44. The number of nitrogens with one attached hydrogen (secondary N) is 3. The first-order chi connectivity index (χ1) is 34.7. The average molecular weight is 1010 g/mol. The second kappa shape index (κ2) is 25.6. The monoisotopic (exact) mass is 1010 g/mol. The molecule has 3 aromatic heterocycles. The van der Waals surface area contributed by atoms with Gasteiger partial charge in [0.25, 0.3) is 5.91 Å². The van der Waals surface area contributed by atoms with Crippen LogP contribution in [0.2, 0.25) is 0 Å². The van der Waals surface area contributed by atoms with Crippen LogP contribution < -0.4 is 27.4 Å². The van der Waals surface area contributed by atoms with E-state index in [2.05, 4.69) is 40.7 Å². The minimum atomic E-state index is -0.972. The van der Waals surface area contributed by atoms with Crippen molar-refractivity contribution in [3.63, 3.8) is 0 Å². The van der Waals surface area contributed by atoms with Gasteiger partial charge in [0.2, 0.25) is 17.7 Å². The lowest BCUT2D eigenvalue weighted by atomic mass is 9.83. The van der Waals surface area contributed by atoms with Crippen molar-refractivity contribution < 1.29 is 43.2 Å². The van der Waals surface area contributed by atoms with Crippen LogP contribution in [0.5, 0.6) is 0 Å². The summed E-state index contributed by atoms with van der Waals surface area (Å²) in [5.41, 5.74) is 17.7. The summed E-state index contributed by atoms with van der Waals surface area (Å²) in [5, 5.41) is 28.8. The van der Waals surface area contributed by atoms with Gasteiger partial charge in [-0.25, -0.2) is 9.97 Å². The fourth-order valence-electron chi connectivity index (χ4n) is 9.05. The van der Waals surface area contributed by atoms with E-state index in [4.69, 9.17) is 30.4 Å². The van der Waals surface area contributed by atoms with Gasteiger partial charge in [-0.15, -0.1) is 21.5 Å². The van der Waals surface area contributed by atoms with Gasteiger partial charge in [-0.3, -0.25) is 19.2 Å². The number of amides is 4. The Hall–Kier alpha value is -5.94. The van der Waals surface area contributed by atoms with Crippen molar-refractivity contribution in [3.05, 3.63) is 83.0 Å². The molecular weight excluding hydrogens is 943 g/mol. The van der Waals surface area contributed by atoms with Crippen molar-refractivity contribution >= 4 is 57.4 Å². The number of hydrogen-bond donors (Lipinski definition) is 6. The third-order valence-electron chi connectivity index (χ3n) is 13.0. The van der Waals surface area contributed by atoms with Gasteiger partial charge in [0.1, 0.15) is 18.7 Å². The summed E-state index contributed by atoms with van der Waals surface area (Å²) in [4.78, 5) is 64.1. The molecule has 72 heavy (non-hydrogen) atoms. The number of nitrogens with two attached hydrogens (primary N) is 2. The van der Waals surface area contributed by atoms with Crippen LogP contribution in [0.4, 0.5) is 11.5 Å². The summed E-state index contributed by atoms with van der Waals surface area (Å²) in [7, 11) is 0. The van der Waals surface area contributed by atoms with Gasteiger partial charge in [-0.05, 0) is 60.4 Å². The average Bonchev–Trinajstić information content (AvgIpc) is 4.10. The molecule has 4 heterocycles. The molecule has 5 atom stereocenters. The smallest absolute Gasteiger partial charge is 0.273 e. The number of fused-ring (bicyclic) bond motifs is 1. The minimum Gasteiger partial charge on any atom is -0.391 e. The van der Waals surface area contributed by atoms with E-state index in [1.165, 1.54) is 4.90 Å². The van der Waals surface area contributed by atoms with Gasteiger partial charge < -0.3 is 60.9 Å². The summed E-state index contributed by atoms with van der Waals surface area (Å²) in [6.07, 6.45) is 6.01. The molecule has 388 valence electrons. The van der Waals surface area contributed by atoms with Crippen LogP contribution >= 0.6 is 11.3 Å². The lowest BCUT2D eigenvalue weighted by Crippen LogP contribution is -2.58. The predicted octanol–water partition coefficient (Wildman–Crippen LogP) is 4.04. The maximum absolute atomic E-state index is 14.0. The van der Waals surface area contributed by atoms with Crippen molar-refractivity contribution in [2.24, 2.45) is 22.8 Å². The van der Waals surface area contributed by atoms with Crippen molar-refractivity contribution in [2.75, 3.05) is 64.7 Å². The summed E-state index contributed by atoms with van der Waals surface area (Å²) >= 11 is 1.57. The van der Waals surface area contributed by atoms with Crippen molar-refractivity contribution in [1.82, 2.24) is 40.3 Å². The van der Waals surface area contributed by atoms with Crippen LogP contribution in [0.15, 0.2) is 60.2 Å². The third-order valence-corrected chi connectivity index (χ3v) is 14.0. The van der Waals surface area contributed by atoms with Gasteiger partial charge in [0, 0.05) is 55.8 Å². The maximum atomic E-state index is 14.0. The molecule has 20 nitrogen and oxygen atoms in total. The van der Waals surface area contributed by atoms with E-state index in [9.17, 15) is 24.3 Å². The first-order valence-corrected chi connectivity index (χ1v) is 25.5. The van der Waals surface area contributed by atoms with E-state index < -0.39 is 41.3 Å². The minimum absolute atomic E-state index is 0.0218. The van der Waals surface area contributed by atoms with Gasteiger partial charge in [0.15, 0.2) is 17.3 Å². The Morgan fingerprint density at radius 3 is 2.31 bits per heavy atom. The number of thiazole rings is 1. The Bertz CT molecular complexity index is 2600. The summed E-state index contributed by atoms with van der Waals surface area (Å²) in [5.74, 6) is -0.991. The van der Waals surface area contributed by atoms with Gasteiger partial charge in [-0.2, -0.15) is 0 Å². The molecule has 1 saturated carbocycles. The Morgan fingerprint density at radius 1 is 0.917 bits per heavy atom. The topological polar surface area (TPSA) is 273 Å². The highest BCUT2D eigenvalue weighted by molar-refractivity contribution is 7.13. The van der Waals surface area contributed by atoms with Crippen LogP contribution in [0.3, 0.4) is 0 Å². The van der Waals surface area contributed by atoms with Crippen molar-refractivity contribution in [3.8, 4) is 10.4 Å².